The van der Waals surface area contributed by atoms with Crippen LogP contribution in [-0.2, 0) is 20.7 Å². The van der Waals surface area contributed by atoms with E-state index in [1.807, 2.05) is 49.4 Å². The Bertz CT molecular complexity index is 964. The molecule has 0 saturated heterocycles. The maximum absolute atomic E-state index is 12.9. The zero-order valence-electron chi connectivity index (χ0n) is 15.7. The van der Waals surface area contributed by atoms with E-state index in [9.17, 15) is 14.0 Å². The molecule has 3 aromatic rings. The second-order valence-electron chi connectivity index (χ2n) is 6.64. The SMILES string of the molecule is C[C@H](NC(=O)COC(=O)CCc1ccc(F)cc1)c1cccc2ccccc12. The van der Waals surface area contributed by atoms with Crippen molar-refractivity contribution in [2.24, 2.45) is 0 Å². The second kappa shape index (κ2) is 9.13. The molecule has 0 heterocycles. The van der Waals surface area contributed by atoms with Gasteiger partial charge in [-0.2, -0.15) is 0 Å². The Hall–Kier alpha value is -3.21. The number of hydrogen-bond donors (Lipinski definition) is 1. The number of rotatable bonds is 7. The lowest BCUT2D eigenvalue weighted by Crippen LogP contribution is -2.31. The van der Waals surface area contributed by atoms with Crippen molar-refractivity contribution in [3.63, 3.8) is 0 Å². The number of esters is 1. The largest absolute Gasteiger partial charge is 0.456 e. The van der Waals surface area contributed by atoms with Gasteiger partial charge in [-0.1, -0.05) is 54.6 Å². The summed E-state index contributed by atoms with van der Waals surface area (Å²) in [7, 11) is 0. The van der Waals surface area contributed by atoms with E-state index in [-0.39, 0.29) is 30.8 Å². The van der Waals surface area contributed by atoms with E-state index >= 15 is 0 Å². The van der Waals surface area contributed by atoms with E-state index < -0.39 is 5.97 Å². The number of hydrogen-bond acceptors (Lipinski definition) is 3. The van der Waals surface area contributed by atoms with Gasteiger partial charge in [0.05, 0.1) is 6.04 Å². The highest BCUT2D eigenvalue weighted by atomic mass is 19.1. The Morgan fingerprint density at radius 1 is 1.00 bits per heavy atom. The second-order valence-corrected chi connectivity index (χ2v) is 6.64. The number of halogens is 1. The van der Waals surface area contributed by atoms with Gasteiger partial charge in [-0.05, 0) is 47.4 Å². The Morgan fingerprint density at radius 3 is 2.50 bits per heavy atom. The molecule has 0 saturated carbocycles. The van der Waals surface area contributed by atoms with Crippen LogP contribution in [0.5, 0.6) is 0 Å². The van der Waals surface area contributed by atoms with Crippen LogP contribution in [0.4, 0.5) is 4.39 Å². The first-order valence-electron chi connectivity index (χ1n) is 9.20. The lowest BCUT2D eigenvalue weighted by atomic mass is 10.00. The molecule has 0 unspecified atom stereocenters. The molecule has 0 spiro atoms. The Kier molecular flexibility index (Phi) is 6.37. The van der Waals surface area contributed by atoms with Gasteiger partial charge < -0.3 is 10.1 Å². The van der Waals surface area contributed by atoms with Crippen molar-refractivity contribution in [3.05, 3.63) is 83.7 Å². The zero-order chi connectivity index (χ0) is 19.9. The summed E-state index contributed by atoms with van der Waals surface area (Å²) >= 11 is 0. The van der Waals surface area contributed by atoms with Crippen LogP contribution in [0.25, 0.3) is 10.8 Å². The highest BCUT2D eigenvalue weighted by Crippen LogP contribution is 2.23. The van der Waals surface area contributed by atoms with Crippen LogP contribution in [0.1, 0.15) is 30.5 Å². The molecule has 0 fully saturated rings. The predicted octanol–water partition coefficient (Wildman–Crippen LogP) is 4.33. The normalized spacial score (nSPS) is 11.8. The van der Waals surface area contributed by atoms with Crippen molar-refractivity contribution in [1.29, 1.82) is 0 Å². The fourth-order valence-corrected chi connectivity index (χ4v) is 3.10. The topological polar surface area (TPSA) is 55.4 Å². The molecular weight excluding hydrogens is 357 g/mol. The van der Waals surface area contributed by atoms with Gasteiger partial charge in [0, 0.05) is 6.42 Å². The van der Waals surface area contributed by atoms with Crippen LogP contribution < -0.4 is 5.32 Å². The molecule has 0 aliphatic carbocycles. The molecule has 4 nitrogen and oxygen atoms in total. The minimum Gasteiger partial charge on any atom is -0.456 e. The van der Waals surface area contributed by atoms with Gasteiger partial charge in [0.25, 0.3) is 5.91 Å². The van der Waals surface area contributed by atoms with Crippen molar-refractivity contribution in [1.82, 2.24) is 5.32 Å². The highest BCUT2D eigenvalue weighted by Gasteiger charge is 2.14. The molecule has 1 amide bonds. The number of benzene rings is 3. The van der Waals surface area contributed by atoms with E-state index in [2.05, 4.69) is 5.32 Å². The molecule has 5 heteroatoms. The fourth-order valence-electron chi connectivity index (χ4n) is 3.10. The fraction of sp³-hybridized carbons (Fsp3) is 0.217. The van der Waals surface area contributed by atoms with Crippen LogP contribution in [-0.4, -0.2) is 18.5 Å². The lowest BCUT2D eigenvalue weighted by molar-refractivity contribution is -0.148. The number of nitrogens with one attached hydrogen (secondary N) is 1. The minimum atomic E-state index is -0.461. The average Bonchev–Trinajstić information content (AvgIpc) is 2.71. The third-order valence-electron chi connectivity index (χ3n) is 4.56. The molecule has 1 N–H and O–H groups in total. The lowest BCUT2D eigenvalue weighted by Gasteiger charge is -2.16. The van der Waals surface area contributed by atoms with Gasteiger partial charge in [-0.15, -0.1) is 0 Å². The molecule has 0 aliphatic heterocycles. The van der Waals surface area contributed by atoms with E-state index in [4.69, 9.17) is 4.74 Å². The number of carbonyl (C=O) groups is 2. The highest BCUT2D eigenvalue weighted by molar-refractivity contribution is 5.87. The molecule has 0 radical (unpaired) electrons. The smallest absolute Gasteiger partial charge is 0.306 e. The van der Waals surface area contributed by atoms with Crippen LogP contribution in [0.2, 0.25) is 0 Å². The molecular formula is C23H22FNO3. The first-order valence-corrected chi connectivity index (χ1v) is 9.20. The van der Waals surface area contributed by atoms with E-state index in [1.54, 1.807) is 12.1 Å². The van der Waals surface area contributed by atoms with Gasteiger partial charge in [0.2, 0.25) is 0 Å². The molecule has 1 atom stereocenters. The van der Waals surface area contributed by atoms with Crippen molar-refractivity contribution in [2.45, 2.75) is 25.8 Å². The molecule has 144 valence electrons. The summed E-state index contributed by atoms with van der Waals surface area (Å²) in [6, 6.07) is 19.7. The number of fused-ring (bicyclic) bond motifs is 1. The number of carbonyl (C=O) groups excluding carboxylic acids is 2. The van der Waals surface area contributed by atoms with Crippen LogP contribution in [0.15, 0.2) is 66.7 Å². The molecule has 0 aliphatic rings. The molecule has 28 heavy (non-hydrogen) atoms. The third-order valence-corrected chi connectivity index (χ3v) is 4.56. The van der Waals surface area contributed by atoms with Gasteiger partial charge in [-0.3, -0.25) is 9.59 Å². The summed E-state index contributed by atoms with van der Waals surface area (Å²) in [5, 5.41) is 5.05. The van der Waals surface area contributed by atoms with E-state index in [0.717, 1.165) is 21.9 Å². The van der Waals surface area contributed by atoms with Crippen LogP contribution in [0, 0.1) is 5.82 Å². The maximum Gasteiger partial charge on any atom is 0.306 e. The summed E-state index contributed by atoms with van der Waals surface area (Å²) in [6.07, 6.45) is 0.574. The Balaban J connectivity index is 1.48. The first kappa shape index (κ1) is 19.5. The number of aryl methyl sites for hydroxylation is 1. The standard InChI is InChI=1S/C23H22FNO3/c1-16(20-8-4-6-18-5-2-3-7-21(18)20)25-22(26)15-28-23(27)14-11-17-9-12-19(24)13-10-17/h2-10,12-13,16H,11,14-15H2,1H3,(H,25,26)/t16-/m0/s1. The maximum atomic E-state index is 12.9. The van der Waals surface area contributed by atoms with Crippen LogP contribution >= 0.6 is 0 Å². The van der Waals surface area contributed by atoms with Crippen molar-refractivity contribution >= 4 is 22.6 Å². The summed E-state index contributed by atoms with van der Waals surface area (Å²) < 4.78 is 17.9. The monoisotopic (exact) mass is 379 g/mol. The Labute approximate surface area is 163 Å². The van der Waals surface area contributed by atoms with Crippen molar-refractivity contribution in [2.75, 3.05) is 6.61 Å². The number of ether oxygens (including phenoxy) is 1. The van der Waals surface area contributed by atoms with Crippen LogP contribution in [0.3, 0.4) is 0 Å². The van der Waals surface area contributed by atoms with E-state index in [0.29, 0.717) is 6.42 Å². The van der Waals surface area contributed by atoms with Gasteiger partial charge >= 0.3 is 5.97 Å². The molecule has 3 rings (SSSR count). The summed E-state index contributed by atoms with van der Waals surface area (Å²) in [6.45, 7) is 1.58. The third kappa shape index (κ3) is 5.16. The average molecular weight is 379 g/mol. The zero-order valence-corrected chi connectivity index (χ0v) is 15.7. The van der Waals surface area contributed by atoms with Gasteiger partial charge in [0.1, 0.15) is 5.82 Å². The molecule has 0 aromatic heterocycles. The minimum absolute atomic E-state index is 0.137. The summed E-state index contributed by atoms with van der Waals surface area (Å²) in [5.74, 6) is -1.13. The Morgan fingerprint density at radius 2 is 1.71 bits per heavy atom. The summed E-state index contributed by atoms with van der Waals surface area (Å²) in [5.41, 5.74) is 1.85. The molecule has 0 bridgehead atoms. The van der Waals surface area contributed by atoms with Crippen molar-refractivity contribution < 1.29 is 18.7 Å². The quantitative estimate of drug-likeness (QED) is 0.622. The van der Waals surface area contributed by atoms with Gasteiger partial charge in [0.15, 0.2) is 6.61 Å². The van der Waals surface area contributed by atoms with Crippen molar-refractivity contribution in [3.8, 4) is 0 Å². The van der Waals surface area contributed by atoms with Gasteiger partial charge in [-0.25, -0.2) is 4.39 Å². The molecule has 3 aromatic carbocycles. The van der Waals surface area contributed by atoms with E-state index in [1.165, 1.54) is 12.1 Å². The summed E-state index contributed by atoms with van der Waals surface area (Å²) in [4.78, 5) is 24.0. The predicted molar refractivity (Wildman–Crippen MR) is 106 cm³/mol. The number of amides is 1. The first-order chi connectivity index (χ1) is 13.5.